The molecule has 33 heavy (non-hydrogen) atoms. The van der Waals surface area contributed by atoms with Gasteiger partial charge in [0.15, 0.2) is 0 Å². The van der Waals surface area contributed by atoms with Crippen LogP contribution < -0.4 is 0 Å². The molecule has 6 nitrogen and oxygen atoms in total. The molecular weight excluding hydrogens is 456 g/mol. The van der Waals surface area contributed by atoms with E-state index < -0.39 is 15.4 Å². The van der Waals surface area contributed by atoms with Gasteiger partial charge in [0.2, 0.25) is 10.0 Å². The summed E-state index contributed by atoms with van der Waals surface area (Å²) in [5.74, 6) is 1.29. The Balaban J connectivity index is 1.31. The van der Waals surface area contributed by atoms with Crippen molar-refractivity contribution >= 4 is 33.5 Å². The second-order valence-electron chi connectivity index (χ2n) is 10.9. The third-order valence-electron chi connectivity index (χ3n) is 9.15. The Bertz CT molecular complexity index is 1090. The molecule has 1 aromatic carbocycles. The fourth-order valence-electron chi connectivity index (χ4n) is 6.87. The molecule has 0 N–H and O–H groups in total. The molecule has 4 aliphatic rings. The number of nitrogens with zero attached hydrogens (tertiary/aromatic N) is 2. The van der Waals surface area contributed by atoms with Crippen LogP contribution >= 0.6 is 11.8 Å². The number of hydrogen-bond donors (Lipinski definition) is 0. The van der Waals surface area contributed by atoms with Crippen LogP contribution in [0.15, 0.2) is 24.3 Å². The van der Waals surface area contributed by atoms with E-state index in [9.17, 15) is 18.0 Å². The number of carbonyl (C=O) groups is 2. The Kier molecular flexibility index (Phi) is 5.54. The van der Waals surface area contributed by atoms with Crippen molar-refractivity contribution in [1.29, 1.82) is 0 Å². The first-order chi connectivity index (χ1) is 15.5. The molecule has 2 saturated heterocycles. The highest BCUT2D eigenvalue weighted by Crippen LogP contribution is 2.64. The lowest BCUT2D eigenvalue weighted by atomic mass is 9.70. The molecule has 1 aromatic rings. The maximum absolute atomic E-state index is 13.5. The average molecular weight is 491 g/mol. The molecule has 2 aliphatic heterocycles. The van der Waals surface area contributed by atoms with Crippen LogP contribution in [-0.4, -0.2) is 65.3 Å². The Hall–Kier alpha value is -1.38. The number of aryl methyl sites for hydroxylation is 1. The Labute approximate surface area is 201 Å². The first kappa shape index (κ1) is 23.4. The van der Waals surface area contributed by atoms with Gasteiger partial charge in [0.05, 0.1) is 10.6 Å². The van der Waals surface area contributed by atoms with E-state index in [4.69, 9.17) is 0 Å². The summed E-state index contributed by atoms with van der Waals surface area (Å²) < 4.78 is 28.6. The molecule has 180 valence electrons. The molecule has 2 unspecified atom stereocenters. The van der Waals surface area contributed by atoms with Crippen molar-refractivity contribution < 1.29 is 18.0 Å². The van der Waals surface area contributed by atoms with Gasteiger partial charge >= 0.3 is 0 Å². The lowest BCUT2D eigenvalue weighted by Crippen LogP contribution is -2.55. The highest BCUT2D eigenvalue weighted by atomic mass is 32.2. The number of hydrogen-bond acceptors (Lipinski definition) is 5. The molecule has 1 spiro atoms. The summed E-state index contributed by atoms with van der Waals surface area (Å²) in [5, 5.41) is 0. The van der Waals surface area contributed by atoms with Gasteiger partial charge in [0.25, 0.3) is 5.91 Å². The van der Waals surface area contributed by atoms with Crippen LogP contribution in [0.4, 0.5) is 0 Å². The van der Waals surface area contributed by atoms with Crippen LogP contribution in [0.25, 0.3) is 0 Å². The van der Waals surface area contributed by atoms with Crippen LogP contribution in [-0.2, 0) is 14.8 Å². The number of amides is 1. The Morgan fingerprint density at radius 3 is 2.48 bits per heavy atom. The van der Waals surface area contributed by atoms with E-state index >= 15 is 0 Å². The van der Waals surface area contributed by atoms with Crippen LogP contribution in [0.5, 0.6) is 0 Å². The van der Waals surface area contributed by atoms with Gasteiger partial charge in [0, 0.05) is 42.8 Å². The van der Waals surface area contributed by atoms with Crippen molar-refractivity contribution in [3.8, 4) is 0 Å². The van der Waals surface area contributed by atoms with E-state index in [1.807, 2.05) is 36.1 Å². The minimum absolute atomic E-state index is 0.0363. The van der Waals surface area contributed by atoms with Crippen molar-refractivity contribution in [3.63, 3.8) is 0 Å². The first-order valence-corrected chi connectivity index (χ1v) is 14.6. The number of thioether (sulfide) groups is 1. The van der Waals surface area contributed by atoms with Gasteiger partial charge in [-0.25, -0.2) is 12.7 Å². The van der Waals surface area contributed by atoms with Gasteiger partial charge in [-0.2, -0.15) is 0 Å². The smallest absolute Gasteiger partial charge is 0.255 e. The molecule has 2 bridgehead atoms. The lowest BCUT2D eigenvalue weighted by molar-refractivity contribution is -0.128. The highest BCUT2D eigenvalue weighted by molar-refractivity contribution is 8.00. The monoisotopic (exact) mass is 490 g/mol. The summed E-state index contributed by atoms with van der Waals surface area (Å²) in [6.45, 7) is 7.65. The van der Waals surface area contributed by atoms with Gasteiger partial charge < -0.3 is 4.90 Å². The minimum atomic E-state index is -3.56. The third kappa shape index (κ3) is 3.50. The standard InChI is InChI=1S/C25H34N2O4S2/c1-18-5-4-6-19(15-18)22(29)27-13-14-32-25(27)9-11-26(12-10-25)33(30,31)17-24-8-7-20(16-21(24)28)23(24,2)3/h4-6,15,20H,7-14,16-17H2,1-3H3. The zero-order chi connectivity index (χ0) is 23.6. The molecule has 0 radical (unpaired) electrons. The predicted molar refractivity (Wildman–Crippen MR) is 131 cm³/mol. The largest absolute Gasteiger partial charge is 0.323 e. The molecule has 2 atom stereocenters. The van der Waals surface area contributed by atoms with Gasteiger partial charge in [-0.15, -0.1) is 11.8 Å². The predicted octanol–water partition coefficient (Wildman–Crippen LogP) is 3.70. The van der Waals surface area contributed by atoms with E-state index in [1.165, 1.54) is 0 Å². The molecular formula is C25H34N2O4S2. The zero-order valence-electron chi connectivity index (χ0n) is 19.8. The van der Waals surface area contributed by atoms with E-state index in [1.54, 1.807) is 16.1 Å². The van der Waals surface area contributed by atoms with Gasteiger partial charge in [-0.1, -0.05) is 31.5 Å². The van der Waals surface area contributed by atoms with E-state index in [2.05, 4.69) is 13.8 Å². The number of benzene rings is 1. The number of carbonyl (C=O) groups excluding carboxylic acids is 2. The van der Waals surface area contributed by atoms with Gasteiger partial charge in [-0.3, -0.25) is 9.59 Å². The van der Waals surface area contributed by atoms with Crippen molar-refractivity contribution in [1.82, 2.24) is 9.21 Å². The van der Waals surface area contributed by atoms with Crippen molar-refractivity contribution in [2.45, 2.75) is 57.7 Å². The summed E-state index contributed by atoms with van der Waals surface area (Å²) in [7, 11) is -3.56. The second-order valence-corrected chi connectivity index (χ2v) is 14.4. The van der Waals surface area contributed by atoms with Gasteiger partial charge in [-0.05, 0) is 56.1 Å². The first-order valence-electron chi connectivity index (χ1n) is 12.0. The van der Waals surface area contributed by atoms with Crippen molar-refractivity contribution in [3.05, 3.63) is 35.4 Å². The third-order valence-corrected chi connectivity index (χ3v) is 12.7. The van der Waals surface area contributed by atoms with Crippen LogP contribution in [0, 0.1) is 23.7 Å². The maximum Gasteiger partial charge on any atom is 0.255 e. The van der Waals surface area contributed by atoms with Crippen molar-refractivity contribution in [2.24, 2.45) is 16.7 Å². The summed E-state index contributed by atoms with van der Waals surface area (Å²) in [6.07, 6.45) is 3.42. The Morgan fingerprint density at radius 1 is 1.15 bits per heavy atom. The molecule has 8 heteroatoms. The summed E-state index contributed by atoms with van der Waals surface area (Å²) in [6, 6.07) is 7.68. The number of Topliss-reactive ketones (excluding diaryl/α,β-unsaturated/α-hetero) is 1. The fraction of sp³-hybridized carbons (Fsp3) is 0.680. The number of fused-ring (bicyclic) bond motifs is 2. The number of piperidine rings is 1. The lowest BCUT2D eigenvalue weighted by Gasteiger charge is -2.44. The Morgan fingerprint density at radius 2 is 1.88 bits per heavy atom. The van der Waals surface area contributed by atoms with E-state index in [0.717, 1.165) is 17.7 Å². The average Bonchev–Trinajstić information content (AvgIpc) is 3.32. The quantitative estimate of drug-likeness (QED) is 0.643. The normalized spacial score (nSPS) is 30.9. The SMILES string of the molecule is Cc1cccc(C(=O)N2CCSC23CCN(S(=O)(=O)CC24CCC(CC2=O)C4(C)C)CC3)c1. The maximum atomic E-state index is 13.5. The molecule has 4 fully saturated rings. The molecule has 2 aliphatic carbocycles. The second kappa shape index (κ2) is 7.82. The summed E-state index contributed by atoms with van der Waals surface area (Å²) in [5.41, 5.74) is 0.761. The zero-order valence-corrected chi connectivity index (χ0v) is 21.4. The molecule has 0 aromatic heterocycles. The van der Waals surface area contributed by atoms with Gasteiger partial charge in [0.1, 0.15) is 5.78 Å². The molecule has 2 saturated carbocycles. The van der Waals surface area contributed by atoms with E-state index in [-0.39, 0.29) is 27.7 Å². The highest BCUT2D eigenvalue weighted by Gasteiger charge is 2.65. The van der Waals surface area contributed by atoms with Crippen LogP contribution in [0.2, 0.25) is 0 Å². The molecule has 2 heterocycles. The number of ketones is 1. The number of sulfonamides is 1. The van der Waals surface area contributed by atoms with Crippen molar-refractivity contribution in [2.75, 3.05) is 31.1 Å². The van der Waals surface area contributed by atoms with Crippen LogP contribution in [0.3, 0.4) is 0 Å². The molecule has 1 amide bonds. The van der Waals surface area contributed by atoms with Crippen LogP contribution in [0.1, 0.15) is 61.9 Å². The summed E-state index contributed by atoms with van der Waals surface area (Å²) in [4.78, 5) is 27.8. The summed E-state index contributed by atoms with van der Waals surface area (Å²) >= 11 is 1.79. The number of rotatable bonds is 4. The fourth-order valence-corrected chi connectivity index (χ4v) is 10.5. The van der Waals surface area contributed by atoms with E-state index in [0.29, 0.717) is 56.8 Å². The topological polar surface area (TPSA) is 74.8 Å². The molecule has 5 rings (SSSR count). The minimum Gasteiger partial charge on any atom is -0.323 e.